The Labute approximate surface area is 265 Å². The van der Waals surface area contributed by atoms with Gasteiger partial charge in [-0.3, -0.25) is 4.98 Å². The van der Waals surface area contributed by atoms with Gasteiger partial charge in [0.05, 0.1) is 22.1 Å². The highest BCUT2D eigenvalue weighted by Crippen LogP contribution is 2.47. The van der Waals surface area contributed by atoms with Crippen LogP contribution in [0.25, 0.3) is 97.2 Å². The second-order valence-corrected chi connectivity index (χ2v) is 13.0. The smallest absolute Gasteiger partial charge is 0.153 e. The average Bonchev–Trinajstić information content (AvgIpc) is 3.85. The molecule has 0 bridgehead atoms. The summed E-state index contributed by atoms with van der Waals surface area (Å²) in [6.45, 7) is 0. The van der Waals surface area contributed by atoms with Crippen LogP contribution < -0.4 is 0 Å². The molecule has 46 heavy (non-hydrogen) atoms. The van der Waals surface area contributed by atoms with Gasteiger partial charge in [0.1, 0.15) is 11.1 Å². The van der Waals surface area contributed by atoms with Crippen molar-refractivity contribution in [3.63, 3.8) is 0 Å². The molecule has 0 spiro atoms. The summed E-state index contributed by atoms with van der Waals surface area (Å²) >= 11 is 1.92. The number of benzene rings is 6. The van der Waals surface area contributed by atoms with Crippen molar-refractivity contribution in [1.29, 1.82) is 0 Å². The van der Waals surface area contributed by atoms with E-state index in [1.807, 2.05) is 29.7 Å². The zero-order valence-corrected chi connectivity index (χ0v) is 25.3. The topological polar surface area (TPSA) is 35.9 Å². The highest BCUT2D eigenvalue weighted by atomic mass is 32.1. The number of hydrogen-bond acceptors (Lipinski definition) is 3. The Morgan fingerprint density at radius 2 is 1.09 bits per heavy atom. The SMILES string of the molecule is c1ccc(-n2c3ccccc3c3c4sc5c(ccc6c5c5ccccc5n6-c5ccc6oc7cccnc7c6c5)c4ccc32)cc1. The molecular formula is C41H23N3OS. The summed E-state index contributed by atoms with van der Waals surface area (Å²) in [7, 11) is 0. The van der Waals surface area contributed by atoms with Crippen molar-refractivity contribution in [1.82, 2.24) is 14.1 Å². The van der Waals surface area contributed by atoms with E-state index in [0.717, 1.165) is 27.8 Å². The first-order valence-electron chi connectivity index (χ1n) is 15.5. The maximum absolute atomic E-state index is 6.11. The molecule has 0 unspecified atom stereocenters. The van der Waals surface area contributed by atoms with Gasteiger partial charge in [-0.05, 0) is 66.7 Å². The van der Waals surface area contributed by atoms with Crippen LogP contribution in [0.4, 0.5) is 0 Å². The van der Waals surface area contributed by atoms with Crippen LogP contribution in [-0.2, 0) is 0 Å². The van der Waals surface area contributed by atoms with Crippen LogP contribution in [0.1, 0.15) is 0 Å². The van der Waals surface area contributed by atoms with Gasteiger partial charge < -0.3 is 13.6 Å². The molecule has 11 aromatic rings. The molecular weight excluding hydrogens is 583 g/mol. The second-order valence-electron chi connectivity index (χ2n) is 11.9. The Morgan fingerprint density at radius 1 is 0.457 bits per heavy atom. The molecule has 0 N–H and O–H groups in total. The van der Waals surface area contributed by atoms with Gasteiger partial charge in [-0.15, -0.1) is 11.3 Å². The Balaban J connectivity index is 1.26. The summed E-state index contributed by atoms with van der Waals surface area (Å²) < 4.78 is 13.6. The lowest BCUT2D eigenvalue weighted by Crippen LogP contribution is -1.93. The van der Waals surface area contributed by atoms with Crippen molar-refractivity contribution in [2.45, 2.75) is 0 Å². The summed E-state index contributed by atoms with van der Waals surface area (Å²) in [6.07, 6.45) is 1.83. The van der Waals surface area contributed by atoms with E-state index in [2.05, 4.69) is 135 Å². The fourth-order valence-electron chi connectivity index (χ4n) is 7.65. The molecule has 0 atom stereocenters. The van der Waals surface area contributed by atoms with Gasteiger partial charge in [0.15, 0.2) is 5.58 Å². The number of rotatable bonds is 2. The van der Waals surface area contributed by atoms with E-state index in [1.165, 1.54) is 69.5 Å². The highest BCUT2D eigenvalue weighted by Gasteiger charge is 2.21. The van der Waals surface area contributed by atoms with Gasteiger partial charge in [-0.1, -0.05) is 66.7 Å². The minimum atomic E-state index is 0.809. The molecule has 5 heteroatoms. The van der Waals surface area contributed by atoms with E-state index < -0.39 is 0 Å². The lowest BCUT2D eigenvalue weighted by Gasteiger charge is -2.08. The van der Waals surface area contributed by atoms with Crippen LogP contribution in [0.3, 0.4) is 0 Å². The Bertz CT molecular complexity index is 3030. The third-order valence-electron chi connectivity index (χ3n) is 9.56. The van der Waals surface area contributed by atoms with Gasteiger partial charge >= 0.3 is 0 Å². The Hall–Kier alpha value is -5.91. The lowest BCUT2D eigenvalue weighted by molar-refractivity contribution is 0.668. The average molecular weight is 606 g/mol. The summed E-state index contributed by atoms with van der Waals surface area (Å²) in [5.74, 6) is 0. The second kappa shape index (κ2) is 8.84. The molecule has 6 aromatic carbocycles. The predicted octanol–water partition coefficient (Wildman–Crippen LogP) is 11.5. The number of thiophene rings is 1. The first-order chi connectivity index (χ1) is 22.8. The summed E-state index contributed by atoms with van der Waals surface area (Å²) in [5, 5.41) is 8.79. The maximum atomic E-state index is 6.11. The predicted molar refractivity (Wildman–Crippen MR) is 193 cm³/mol. The summed E-state index contributed by atoms with van der Waals surface area (Å²) in [5.41, 5.74) is 9.68. The normalized spacial score (nSPS) is 12.3. The van der Waals surface area contributed by atoms with Gasteiger partial charge in [0, 0.05) is 64.7 Å². The zero-order chi connectivity index (χ0) is 29.9. The molecule has 0 fully saturated rings. The van der Waals surface area contributed by atoms with Crippen molar-refractivity contribution in [3.8, 4) is 11.4 Å². The molecule has 0 amide bonds. The van der Waals surface area contributed by atoms with Crippen molar-refractivity contribution >= 4 is 97.2 Å². The van der Waals surface area contributed by atoms with E-state index in [0.29, 0.717) is 0 Å². The summed E-state index contributed by atoms with van der Waals surface area (Å²) in [6, 6.07) is 47.9. The van der Waals surface area contributed by atoms with Crippen LogP contribution in [0.15, 0.2) is 144 Å². The fourth-order valence-corrected chi connectivity index (χ4v) is 9.07. The number of pyridine rings is 1. The van der Waals surface area contributed by atoms with E-state index >= 15 is 0 Å². The number of nitrogens with zero attached hydrogens (tertiary/aromatic N) is 3. The first-order valence-corrected chi connectivity index (χ1v) is 16.3. The van der Waals surface area contributed by atoms with Crippen LogP contribution in [0, 0.1) is 0 Å². The van der Waals surface area contributed by atoms with Crippen molar-refractivity contribution < 1.29 is 4.42 Å². The molecule has 0 aliphatic carbocycles. The monoisotopic (exact) mass is 605 g/mol. The molecule has 0 aliphatic heterocycles. The molecule has 0 radical (unpaired) electrons. The van der Waals surface area contributed by atoms with Gasteiger partial charge in [0.25, 0.3) is 0 Å². The number of para-hydroxylation sites is 3. The maximum Gasteiger partial charge on any atom is 0.153 e. The molecule has 0 aliphatic rings. The largest absolute Gasteiger partial charge is 0.454 e. The standard InChI is InChI=1S/C41H23N3OS/c1-2-9-24(10-3-1)43-31-13-6-4-11-28(31)37-33(43)19-17-26-27-18-20-34-38(41(27)46-40(26)37)29-12-5-7-14-32(29)44(34)25-16-21-35-30(23-25)39-36(45-35)15-8-22-42-39/h1-23H. The molecule has 0 saturated carbocycles. The van der Waals surface area contributed by atoms with Crippen molar-refractivity contribution in [2.24, 2.45) is 0 Å². The molecule has 5 aromatic heterocycles. The van der Waals surface area contributed by atoms with Crippen molar-refractivity contribution in [3.05, 3.63) is 140 Å². The van der Waals surface area contributed by atoms with Gasteiger partial charge in [0.2, 0.25) is 0 Å². The minimum absolute atomic E-state index is 0.809. The first kappa shape index (κ1) is 24.4. The molecule has 0 saturated heterocycles. The number of hydrogen-bond donors (Lipinski definition) is 0. The van der Waals surface area contributed by atoms with E-state index in [1.54, 1.807) is 0 Å². The summed E-state index contributed by atoms with van der Waals surface area (Å²) in [4.78, 5) is 4.65. The third kappa shape index (κ3) is 3.10. The highest BCUT2D eigenvalue weighted by molar-refractivity contribution is 7.27. The zero-order valence-electron chi connectivity index (χ0n) is 24.4. The van der Waals surface area contributed by atoms with Crippen molar-refractivity contribution in [2.75, 3.05) is 0 Å². The number of aromatic nitrogens is 3. The quantitative estimate of drug-likeness (QED) is 0.196. The fraction of sp³-hybridized carbons (Fsp3) is 0. The number of furan rings is 1. The molecule has 4 nitrogen and oxygen atoms in total. The minimum Gasteiger partial charge on any atom is -0.454 e. The van der Waals surface area contributed by atoms with Gasteiger partial charge in [-0.2, -0.15) is 0 Å². The van der Waals surface area contributed by atoms with E-state index in [9.17, 15) is 0 Å². The Morgan fingerprint density at radius 3 is 1.78 bits per heavy atom. The van der Waals surface area contributed by atoms with Crippen LogP contribution in [0.5, 0.6) is 0 Å². The Kier molecular flexibility index (Phi) is 4.69. The number of fused-ring (bicyclic) bond motifs is 14. The molecule has 214 valence electrons. The van der Waals surface area contributed by atoms with E-state index in [-0.39, 0.29) is 0 Å². The van der Waals surface area contributed by atoms with E-state index in [4.69, 9.17) is 4.42 Å². The lowest BCUT2D eigenvalue weighted by atomic mass is 10.1. The molecule has 5 heterocycles. The third-order valence-corrected chi connectivity index (χ3v) is 10.8. The van der Waals surface area contributed by atoms with Crippen LogP contribution in [-0.4, -0.2) is 14.1 Å². The van der Waals surface area contributed by atoms with Crippen LogP contribution in [0.2, 0.25) is 0 Å². The van der Waals surface area contributed by atoms with Gasteiger partial charge in [-0.25, -0.2) is 0 Å². The molecule has 11 rings (SSSR count). The van der Waals surface area contributed by atoms with Crippen LogP contribution >= 0.6 is 11.3 Å².